The summed E-state index contributed by atoms with van der Waals surface area (Å²) in [6, 6.07) is 5.12. The van der Waals surface area contributed by atoms with Crippen LogP contribution in [0.5, 0.6) is 11.6 Å². The van der Waals surface area contributed by atoms with E-state index in [9.17, 15) is 27.6 Å². The summed E-state index contributed by atoms with van der Waals surface area (Å²) < 4.78 is 46.1. The van der Waals surface area contributed by atoms with E-state index in [4.69, 9.17) is 19.2 Å². The normalized spacial score (nSPS) is 23.5. The number of amides is 4. The molecule has 15 nitrogen and oxygen atoms in total. The summed E-state index contributed by atoms with van der Waals surface area (Å²) in [5.41, 5.74) is -1.74. The molecule has 1 aromatic heterocycles. The minimum absolute atomic E-state index is 0.0173. The first-order valence-corrected chi connectivity index (χ1v) is 20.8. The number of carbonyl (C=O) groups is 4. The van der Waals surface area contributed by atoms with E-state index in [1.54, 1.807) is 26.8 Å². The molecule has 3 aliphatic rings. The Labute approximate surface area is 321 Å². The molecule has 1 saturated heterocycles. The van der Waals surface area contributed by atoms with Crippen molar-refractivity contribution in [3.63, 3.8) is 0 Å². The standard InChI is InChI=1S/C37H52N6O9S2/c1-9-22-20-37(22,34(46)41-54(48,49)42(6)7)40-32(44)26-18-24(51-27-19-29(50-10-2)38-30-25(27)16-13-17-28(30)53-8)21-43(26)33(45)31(36(3,4)5)39-35(47)52-23-14-11-12-15-23/h9,13,16-17,19,22-24,26,31H,1,10-12,14-15,18,20-21H2,2-8H3,(H,39,47)(H,40,44)(H,41,46)/t22-,24-,26-,31-,37-/m1/s1. The fourth-order valence-electron chi connectivity index (χ4n) is 6.97. The lowest BCUT2D eigenvalue weighted by Crippen LogP contribution is -2.60. The second-order valence-electron chi connectivity index (χ2n) is 15.2. The minimum atomic E-state index is -4.18. The first kappa shape index (κ1) is 41.1. The van der Waals surface area contributed by atoms with Crippen LogP contribution < -0.4 is 24.8 Å². The van der Waals surface area contributed by atoms with Crippen LogP contribution in [0, 0.1) is 11.3 Å². The Morgan fingerprint density at radius 3 is 2.46 bits per heavy atom. The Kier molecular flexibility index (Phi) is 12.4. The van der Waals surface area contributed by atoms with Crippen LogP contribution in [0.25, 0.3) is 10.9 Å². The van der Waals surface area contributed by atoms with E-state index >= 15 is 0 Å². The van der Waals surface area contributed by atoms with Crippen LogP contribution in [0.15, 0.2) is 41.8 Å². The van der Waals surface area contributed by atoms with Gasteiger partial charge >= 0.3 is 16.3 Å². The van der Waals surface area contributed by atoms with Crippen LogP contribution in [-0.2, 0) is 29.3 Å². The molecule has 0 spiro atoms. The summed E-state index contributed by atoms with van der Waals surface area (Å²) in [6.45, 7) is 11.3. The van der Waals surface area contributed by atoms with E-state index in [1.807, 2.05) is 36.1 Å². The van der Waals surface area contributed by atoms with Crippen molar-refractivity contribution in [1.82, 2.24) is 29.5 Å². The molecular weight excluding hydrogens is 737 g/mol. The van der Waals surface area contributed by atoms with Gasteiger partial charge in [0, 0.05) is 42.8 Å². The maximum atomic E-state index is 14.6. The molecular formula is C37H52N6O9S2. The summed E-state index contributed by atoms with van der Waals surface area (Å²) in [5, 5.41) is 6.26. The summed E-state index contributed by atoms with van der Waals surface area (Å²) in [5.74, 6) is -1.90. The topological polar surface area (TPSA) is 186 Å². The molecule has 3 fully saturated rings. The molecule has 0 bridgehead atoms. The number of pyridine rings is 1. The van der Waals surface area contributed by atoms with Gasteiger partial charge in [-0.2, -0.15) is 12.7 Å². The molecule has 5 rings (SSSR count). The Morgan fingerprint density at radius 1 is 1.17 bits per heavy atom. The highest BCUT2D eigenvalue weighted by atomic mass is 32.2. The van der Waals surface area contributed by atoms with E-state index in [0.717, 1.165) is 34.9 Å². The zero-order chi connectivity index (χ0) is 39.6. The summed E-state index contributed by atoms with van der Waals surface area (Å²) in [6.07, 6.45) is 5.28. The number of fused-ring (bicyclic) bond motifs is 1. The number of nitrogens with zero attached hydrogens (tertiary/aromatic N) is 3. The quantitative estimate of drug-likeness (QED) is 0.187. The van der Waals surface area contributed by atoms with Crippen LogP contribution in [0.1, 0.15) is 66.2 Å². The largest absolute Gasteiger partial charge is 0.488 e. The minimum Gasteiger partial charge on any atom is -0.488 e. The SMILES string of the molecule is C=C[C@@H]1C[C@]1(NC(=O)[C@H]1C[C@@H](Oc2cc(OCC)nc3c(SC)cccc23)CN1C(=O)[C@@H](NC(=O)OC1CCCC1)C(C)(C)C)C(=O)NS(=O)(=O)N(C)C. The van der Waals surface area contributed by atoms with Crippen molar-refractivity contribution in [2.45, 2.75) is 101 Å². The van der Waals surface area contributed by atoms with Crippen molar-refractivity contribution >= 4 is 56.7 Å². The van der Waals surface area contributed by atoms with Gasteiger partial charge in [0.15, 0.2) is 0 Å². The Bertz CT molecular complexity index is 1880. The van der Waals surface area contributed by atoms with Crippen molar-refractivity contribution in [2.24, 2.45) is 11.3 Å². The zero-order valence-electron chi connectivity index (χ0n) is 32.0. The Morgan fingerprint density at radius 2 is 1.87 bits per heavy atom. The molecule has 2 saturated carbocycles. The monoisotopic (exact) mass is 788 g/mol. The first-order valence-electron chi connectivity index (χ1n) is 18.2. The Balaban J connectivity index is 1.48. The summed E-state index contributed by atoms with van der Waals surface area (Å²) >= 11 is 1.52. The number of carbonyl (C=O) groups excluding carboxylic acids is 4. The number of nitrogens with one attached hydrogen (secondary N) is 3. The average Bonchev–Trinajstić information content (AvgIpc) is 3.37. The smallest absolute Gasteiger partial charge is 0.408 e. The maximum absolute atomic E-state index is 14.6. The van der Waals surface area contributed by atoms with Crippen molar-refractivity contribution in [2.75, 3.05) is 33.5 Å². The van der Waals surface area contributed by atoms with E-state index in [1.165, 1.54) is 36.8 Å². The number of hydrogen-bond acceptors (Lipinski definition) is 11. The van der Waals surface area contributed by atoms with Gasteiger partial charge in [-0.15, -0.1) is 18.3 Å². The second kappa shape index (κ2) is 16.3. The van der Waals surface area contributed by atoms with Gasteiger partial charge in [-0.1, -0.05) is 32.9 Å². The van der Waals surface area contributed by atoms with Gasteiger partial charge in [-0.3, -0.25) is 14.4 Å². The highest BCUT2D eigenvalue weighted by Crippen LogP contribution is 2.45. The molecule has 1 aliphatic heterocycles. The lowest BCUT2D eigenvalue weighted by atomic mass is 9.85. The van der Waals surface area contributed by atoms with Gasteiger partial charge in [-0.05, 0) is 62.8 Å². The molecule has 2 heterocycles. The number of para-hydroxylation sites is 1. The fraction of sp³-hybridized carbons (Fsp3) is 0.595. The van der Waals surface area contributed by atoms with E-state index in [-0.39, 0.29) is 25.5 Å². The third-order valence-corrected chi connectivity index (χ3v) is 12.3. The highest BCUT2D eigenvalue weighted by molar-refractivity contribution is 7.98. The molecule has 1 aromatic carbocycles. The van der Waals surface area contributed by atoms with E-state index < -0.39 is 69.1 Å². The number of likely N-dealkylation sites (tertiary alicyclic amines) is 1. The second-order valence-corrected chi connectivity index (χ2v) is 17.9. The van der Waals surface area contributed by atoms with E-state index in [0.29, 0.717) is 29.1 Å². The molecule has 5 atom stereocenters. The van der Waals surface area contributed by atoms with Gasteiger partial charge in [0.2, 0.25) is 17.7 Å². The number of hydrogen-bond donors (Lipinski definition) is 3. The summed E-state index contributed by atoms with van der Waals surface area (Å²) in [7, 11) is -1.63. The molecule has 0 unspecified atom stereocenters. The zero-order valence-corrected chi connectivity index (χ0v) is 33.6. The number of thioether (sulfide) groups is 1. The van der Waals surface area contributed by atoms with Crippen molar-refractivity contribution in [3.8, 4) is 11.6 Å². The predicted molar refractivity (Wildman–Crippen MR) is 204 cm³/mol. The van der Waals surface area contributed by atoms with Gasteiger partial charge in [0.1, 0.15) is 35.6 Å². The van der Waals surface area contributed by atoms with E-state index in [2.05, 4.69) is 17.2 Å². The van der Waals surface area contributed by atoms with Gasteiger partial charge in [-0.25, -0.2) is 14.5 Å². The van der Waals surface area contributed by atoms with Crippen molar-refractivity contribution in [1.29, 1.82) is 0 Å². The van der Waals surface area contributed by atoms with Gasteiger partial charge < -0.3 is 29.7 Å². The Hall–Kier alpha value is -4.09. The van der Waals surface area contributed by atoms with Crippen LogP contribution in [0.3, 0.4) is 0 Å². The number of ether oxygens (including phenoxy) is 3. The lowest BCUT2D eigenvalue weighted by molar-refractivity contribution is -0.143. The molecule has 0 radical (unpaired) electrons. The van der Waals surface area contributed by atoms with Gasteiger partial charge in [0.25, 0.3) is 5.91 Å². The molecule has 4 amide bonds. The molecule has 2 aromatic rings. The predicted octanol–water partition coefficient (Wildman–Crippen LogP) is 3.77. The maximum Gasteiger partial charge on any atom is 0.408 e. The fourth-order valence-corrected chi connectivity index (χ4v) is 8.13. The number of aromatic nitrogens is 1. The van der Waals surface area contributed by atoms with Crippen LogP contribution in [0.4, 0.5) is 4.79 Å². The summed E-state index contributed by atoms with van der Waals surface area (Å²) in [4.78, 5) is 62.5. The van der Waals surface area contributed by atoms with Crippen molar-refractivity contribution < 1.29 is 41.8 Å². The molecule has 17 heteroatoms. The average molecular weight is 789 g/mol. The third-order valence-electron chi connectivity index (χ3n) is 10.1. The molecule has 3 N–H and O–H groups in total. The highest BCUT2D eigenvalue weighted by Gasteiger charge is 2.61. The van der Waals surface area contributed by atoms with Gasteiger partial charge in [0.05, 0.1) is 18.7 Å². The lowest BCUT2D eigenvalue weighted by Gasteiger charge is -2.35. The van der Waals surface area contributed by atoms with Crippen LogP contribution in [0.2, 0.25) is 0 Å². The molecule has 296 valence electrons. The van der Waals surface area contributed by atoms with Crippen LogP contribution >= 0.6 is 11.8 Å². The number of rotatable bonds is 14. The van der Waals surface area contributed by atoms with Crippen molar-refractivity contribution in [3.05, 3.63) is 36.9 Å². The third kappa shape index (κ3) is 8.89. The first-order chi connectivity index (χ1) is 25.4. The molecule has 2 aliphatic carbocycles. The van der Waals surface area contributed by atoms with Crippen LogP contribution in [-0.4, -0.2) is 110 Å². The number of benzene rings is 1. The number of alkyl carbamates (subject to hydrolysis) is 1. The molecule has 54 heavy (non-hydrogen) atoms.